The number of hydrogen-bond acceptors (Lipinski definition) is 5. The second kappa shape index (κ2) is 8.71. The highest BCUT2D eigenvalue weighted by Crippen LogP contribution is 2.41. The number of fused-ring (bicyclic) bond motifs is 2. The van der Waals surface area contributed by atoms with Crippen LogP contribution in [0.2, 0.25) is 0 Å². The first kappa shape index (κ1) is 21.6. The third-order valence-electron chi connectivity index (χ3n) is 7.15. The Hall–Kier alpha value is -3.89. The molecular formula is C28H26FN5O. The molecule has 2 aliphatic rings. The summed E-state index contributed by atoms with van der Waals surface area (Å²) in [4.78, 5) is 7.08. The maximum atomic E-state index is 14.7. The summed E-state index contributed by atoms with van der Waals surface area (Å²) in [7, 11) is 2.05. The summed E-state index contributed by atoms with van der Waals surface area (Å²) in [5.74, 6) is 0.872. The molecule has 0 saturated carbocycles. The minimum absolute atomic E-state index is 0.0342. The number of hydrogen-bond donors (Lipinski definition) is 1. The van der Waals surface area contributed by atoms with Crippen molar-refractivity contribution in [1.29, 1.82) is 5.26 Å². The lowest BCUT2D eigenvalue weighted by Gasteiger charge is -2.28. The molecule has 0 spiro atoms. The van der Waals surface area contributed by atoms with Crippen LogP contribution in [0.5, 0.6) is 5.75 Å². The van der Waals surface area contributed by atoms with Gasteiger partial charge in [0.25, 0.3) is 0 Å². The molecule has 0 amide bonds. The monoisotopic (exact) mass is 467 g/mol. The number of pyridine rings is 1. The second-order valence-electron chi connectivity index (χ2n) is 9.37. The van der Waals surface area contributed by atoms with Crippen LogP contribution >= 0.6 is 0 Å². The predicted octanol–water partition coefficient (Wildman–Crippen LogP) is 4.82. The van der Waals surface area contributed by atoms with Crippen molar-refractivity contribution in [2.75, 3.05) is 38.2 Å². The molecule has 35 heavy (non-hydrogen) atoms. The molecule has 6 nitrogen and oxygen atoms in total. The van der Waals surface area contributed by atoms with Gasteiger partial charge in [-0.05, 0) is 61.3 Å². The SMILES string of the molecule is CN1CCOc2cc(-c3ncc4c(ccn4CC4CCNC4)c3-c3ccc(C#N)c(F)c3)ccc21. The van der Waals surface area contributed by atoms with Crippen molar-refractivity contribution in [2.45, 2.75) is 13.0 Å². The summed E-state index contributed by atoms with van der Waals surface area (Å²) in [5.41, 5.74) is 5.34. The third kappa shape index (κ3) is 3.80. The number of benzene rings is 2. The lowest BCUT2D eigenvalue weighted by Crippen LogP contribution is -2.28. The van der Waals surface area contributed by atoms with Gasteiger partial charge in [0.05, 0.1) is 35.2 Å². The molecule has 4 aromatic rings. The zero-order valence-electron chi connectivity index (χ0n) is 19.6. The highest BCUT2D eigenvalue weighted by atomic mass is 19.1. The van der Waals surface area contributed by atoms with E-state index in [1.165, 1.54) is 6.07 Å². The number of anilines is 1. The number of nitrogens with one attached hydrogen (secondary N) is 1. The van der Waals surface area contributed by atoms with Gasteiger partial charge in [0.1, 0.15) is 24.2 Å². The summed E-state index contributed by atoms with van der Waals surface area (Å²) in [6.45, 7) is 4.46. The zero-order chi connectivity index (χ0) is 23.9. The van der Waals surface area contributed by atoms with Gasteiger partial charge in [-0.25, -0.2) is 4.39 Å². The second-order valence-corrected chi connectivity index (χ2v) is 9.37. The first-order valence-electron chi connectivity index (χ1n) is 12.0. The molecule has 2 aromatic carbocycles. The molecule has 2 aromatic heterocycles. The Bertz CT molecular complexity index is 1460. The average molecular weight is 468 g/mol. The Morgan fingerprint density at radius 1 is 1.20 bits per heavy atom. The lowest BCUT2D eigenvalue weighted by molar-refractivity contribution is 0.311. The molecule has 1 unspecified atom stereocenters. The van der Waals surface area contributed by atoms with Crippen LogP contribution in [0.1, 0.15) is 12.0 Å². The molecule has 1 N–H and O–H groups in total. The first-order chi connectivity index (χ1) is 17.1. The predicted molar refractivity (Wildman–Crippen MR) is 135 cm³/mol. The van der Waals surface area contributed by atoms with E-state index in [0.29, 0.717) is 18.1 Å². The largest absolute Gasteiger partial charge is 0.490 e. The number of halogens is 1. The van der Waals surface area contributed by atoms with Gasteiger partial charge in [-0.2, -0.15) is 5.26 Å². The molecular weight excluding hydrogens is 441 g/mol. The smallest absolute Gasteiger partial charge is 0.143 e. The average Bonchev–Trinajstić information content (AvgIpc) is 3.54. The molecule has 4 heterocycles. The molecule has 1 atom stereocenters. The van der Waals surface area contributed by atoms with Crippen molar-refractivity contribution < 1.29 is 9.13 Å². The third-order valence-corrected chi connectivity index (χ3v) is 7.15. The molecule has 2 aliphatic heterocycles. The van der Waals surface area contributed by atoms with E-state index in [4.69, 9.17) is 9.72 Å². The maximum absolute atomic E-state index is 14.7. The Morgan fingerprint density at radius 2 is 2.09 bits per heavy atom. The highest BCUT2D eigenvalue weighted by Gasteiger charge is 2.22. The van der Waals surface area contributed by atoms with Crippen molar-refractivity contribution in [3.8, 4) is 34.2 Å². The van der Waals surface area contributed by atoms with Crippen LogP contribution in [0, 0.1) is 23.1 Å². The molecule has 0 bridgehead atoms. The highest BCUT2D eigenvalue weighted by molar-refractivity contribution is 6.02. The van der Waals surface area contributed by atoms with E-state index in [0.717, 1.165) is 71.8 Å². The topological polar surface area (TPSA) is 66.1 Å². The normalized spacial score (nSPS) is 17.3. The minimum Gasteiger partial charge on any atom is -0.490 e. The van der Waals surface area contributed by atoms with Gasteiger partial charge in [0.2, 0.25) is 0 Å². The van der Waals surface area contributed by atoms with Crippen LogP contribution in [0.15, 0.2) is 54.9 Å². The van der Waals surface area contributed by atoms with Gasteiger partial charge < -0.3 is 19.5 Å². The molecule has 0 radical (unpaired) electrons. The number of nitriles is 1. The van der Waals surface area contributed by atoms with Crippen LogP contribution in [0.25, 0.3) is 33.3 Å². The maximum Gasteiger partial charge on any atom is 0.143 e. The summed E-state index contributed by atoms with van der Waals surface area (Å²) in [6, 6.07) is 14.9. The minimum atomic E-state index is -0.528. The summed E-state index contributed by atoms with van der Waals surface area (Å²) in [5, 5.41) is 13.7. The Balaban J connectivity index is 1.53. The fourth-order valence-corrected chi connectivity index (χ4v) is 5.24. The van der Waals surface area contributed by atoms with Crippen molar-refractivity contribution >= 4 is 16.6 Å². The van der Waals surface area contributed by atoms with E-state index in [9.17, 15) is 9.65 Å². The van der Waals surface area contributed by atoms with Crippen LogP contribution in [0.3, 0.4) is 0 Å². The van der Waals surface area contributed by atoms with Gasteiger partial charge in [0.15, 0.2) is 0 Å². The molecule has 1 fully saturated rings. The van der Waals surface area contributed by atoms with Crippen LogP contribution in [-0.2, 0) is 6.54 Å². The van der Waals surface area contributed by atoms with Crippen molar-refractivity contribution in [3.05, 3.63) is 66.2 Å². The molecule has 176 valence electrons. The van der Waals surface area contributed by atoms with Crippen LogP contribution < -0.4 is 15.0 Å². The lowest BCUT2D eigenvalue weighted by atomic mass is 9.95. The van der Waals surface area contributed by atoms with E-state index < -0.39 is 5.82 Å². The number of ether oxygens (including phenoxy) is 1. The van der Waals surface area contributed by atoms with Gasteiger partial charge in [-0.3, -0.25) is 4.98 Å². The van der Waals surface area contributed by atoms with Crippen molar-refractivity contribution in [2.24, 2.45) is 5.92 Å². The van der Waals surface area contributed by atoms with Crippen LogP contribution in [0.4, 0.5) is 10.1 Å². The number of rotatable bonds is 4. The van der Waals surface area contributed by atoms with Crippen molar-refractivity contribution in [1.82, 2.24) is 14.9 Å². The van der Waals surface area contributed by atoms with Gasteiger partial charge in [-0.15, -0.1) is 0 Å². The molecule has 1 saturated heterocycles. The standard InChI is InChI=1S/C28H26FN5O/c1-33-10-11-35-26-13-20(4-5-24(26)33)28-27(19-2-3-21(14-30)23(29)12-19)22-7-9-34(25(22)16-32-28)17-18-6-8-31-15-18/h2-5,7,9,12-13,16,18,31H,6,8,10-11,15,17H2,1H3. The Labute approximate surface area is 203 Å². The quantitative estimate of drug-likeness (QED) is 0.466. The van der Waals surface area contributed by atoms with Gasteiger partial charge in [0, 0.05) is 36.3 Å². The van der Waals surface area contributed by atoms with E-state index in [1.807, 2.05) is 30.5 Å². The van der Waals surface area contributed by atoms with E-state index >= 15 is 0 Å². The van der Waals surface area contributed by atoms with Crippen LogP contribution in [-0.4, -0.2) is 42.8 Å². The number of likely N-dealkylation sites (N-methyl/N-ethyl adjacent to an activating group) is 1. The number of aromatic nitrogens is 2. The number of nitrogens with zero attached hydrogens (tertiary/aromatic N) is 4. The first-order valence-corrected chi connectivity index (χ1v) is 12.0. The van der Waals surface area contributed by atoms with E-state index in [-0.39, 0.29) is 5.56 Å². The van der Waals surface area contributed by atoms with E-state index in [1.54, 1.807) is 6.07 Å². The van der Waals surface area contributed by atoms with Gasteiger partial charge >= 0.3 is 0 Å². The van der Waals surface area contributed by atoms with Crippen molar-refractivity contribution in [3.63, 3.8) is 0 Å². The summed E-state index contributed by atoms with van der Waals surface area (Å²) < 4.78 is 22.9. The summed E-state index contributed by atoms with van der Waals surface area (Å²) in [6.07, 6.45) is 5.17. The molecule has 6 rings (SSSR count). The van der Waals surface area contributed by atoms with E-state index in [2.05, 4.69) is 40.2 Å². The summed E-state index contributed by atoms with van der Waals surface area (Å²) >= 11 is 0. The fraction of sp³-hybridized carbons (Fsp3) is 0.286. The Morgan fingerprint density at radius 3 is 2.89 bits per heavy atom. The Kier molecular flexibility index (Phi) is 5.39. The molecule has 7 heteroatoms. The van der Waals surface area contributed by atoms with Gasteiger partial charge in [-0.1, -0.05) is 12.1 Å². The fourth-order valence-electron chi connectivity index (χ4n) is 5.24. The zero-order valence-corrected chi connectivity index (χ0v) is 19.6. The molecule has 0 aliphatic carbocycles.